The van der Waals surface area contributed by atoms with E-state index in [1.54, 1.807) is 22.7 Å². The summed E-state index contributed by atoms with van der Waals surface area (Å²) in [6, 6.07) is 46.0. The zero-order valence-corrected chi connectivity index (χ0v) is 24.8. The molecule has 6 aromatic carbocycles. The fraction of sp³-hybridized carbons (Fsp3) is 0. The Morgan fingerprint density at radius 2 is 0.909 bits per heavy atom. The summed E-state index contributed by atoms with van der Waals surface area (Å²) in [5.74, 6) is 0. The number of fused-ring (bicyclic) bond motifs is 6. The molecule has 0 saturated heterocycles. The predicted octanol–water partition coefficient (Wildman–Crippen LogP) is 11.0. The lowest BCUT2D eigenvalue weighted by atomic mass is 9.91. The van der Waals surface area contributed by atoms with E-state index in [1.165, 1.54) is 9.40 Å². The summed E-state index contributed by atoms with van der Waals surface area (Å²) in [6.45, 7) is 0. The number of nitrogens with zero attached hydrogens (tertiary/aromatic N) is 3. The first-order valence-electron chi connectivity index (χ1n) is 14.0. The molecule has 0 saturated carbocycles. The number of hydrogen-bond donors (Lipinski definition) is 0. The summed E-state index contributed by atoms with van der Waals surface area (Å²) < 4.78 is 4.65. The molecule has 0 aliphatic rings. The van der Waals surface area contributed by atoms with Crippen LogP contribution in [0.15, 0.2) is 115 Å². The molecule has 0 radical (unpaired) electrons. The third-order valence-electron chi connectivity index (χ3n) is 8.16. The van der Waals surface area contributed by atoms with Gasteiger partial charge in [-0.05, 0) is 106 Å². The molecule has 0 atom stereocenters. The molecular formula is C39H19N3S2. The summed E-state index contributed by atoms with van der Waals surface area (Å²) in [5, 5.41) is 33.2. The molecule has 5 heteroatoms. The molecule has 3 nitrogen and oxygen atoms in total. The number of benzene rings is 6. The van der Waals surface area contributed by atoms with Crippen LogP contribution < -0.4 is 0 Å². The van der Waals surface area contributed by atoms with Crippen LogP contribution in [0.2, 0.25) is 0 Å². The minimum atomic E-state index is 0.636. The third-order valence-corrected chi connectivity index (χ3v) is 10.4. The quantitative estimate of drug-likeness (QED) is 0.205. The first-order chi connectivity index (χ1) is 21.6. The molecule has 44 heavy (non-hydrogen) atoms. The van der Waals surface area contributed by atoms with Crippen molar-refractivity contribution in [2.24, 2.45) is 0 Å². The Bertz CT molecular complexity index is 2450. The zero-order valence-electron chi connectivity index (χ0n) is 23.1. The van der Waals surface area contributed by atoms with E-state index in [2.05, 4.69) is 72.8 Å². The van der Waals surface area contributed by atoms with E-state index in [-0.39, 0.29) is 0 Å². The van der Waals surface area contributed by atoms with Crippen molar-refractivity contribution in [2.75, 3.05) is 0 Å². The molecule has 2 aromatic heterocycles. The van der Waals surface area contributed by atoms with Crippen LogP contribution in [-0.4, -0.2) is 0 Å². The van der Waals surface area contributed by atoms with Crippen molar-refractivity contribution in [3.63, 3.8) is 0 Å². The number of nitriles is 3. The Morgan fingerprint density at radius 3 is 1.43 bits per heavy atom. The van der Waals surface area contributed by atoms with Crippen LogP contribution in [0.1, 0.15) is 16.7 Å². The summed E-state index contributed by atoms with van der Waals surface area (Å²) >= 11 is 3.46. The molecule has 8 aromatic rings. The smallest absolute Gasteiger partial charge is 0.0998 e. The topological polar surface area (TPSA) is 71.4 Å². The van der Waals surface area contributed by atoms with Gasteiger partial charge >= 0.3 is 0 Å². The van der Waals surface area contributed by atoms with E-state index in [4.69, 9.17) is 0 Å². The highest BCUT2D eigenvalue weighted by Crippen LogP contribution is 2.41. The fourth-order valence-corrected chi connectivity index (χ4v) is 8.25. The van der Waals surface area contributed by atoms with Crippen LogP contribution in [-0.2, 0) is 0 Å². The standard InChI is InChI=1S/C39H19N3S2/c40-20-23-5-11-36-34(13-23)32-9-7-25(18-38(32)43-36)28-15-29(17-30(16-28)31-4-2-1-3-27(31)22-42)26-8-10-33-35-14-24(21-41)6-12-37(35)44-39(33)19-26/h1-19H. The molecule has 2 heterocycles. The summed E-state index contributed by atoms with van der Waals surface area (Å²) in [5.41, 5.74) is 8.17. The van der Waals surface area contributed by atoms with Gasteiger partial charge in [-0.25, -0.2) is 0 Å². The van der Waals surface area contributed by atoms with Gasteiger partial charge in [0.25, 0.3) is 0 Å². The lowest BCUT2D eigenvalue weighted by Gasteiger charge is -2.12. The van der Waals surface area contributed by atoms with Gasteiger partial charge in [0.15, 0.2) is 0 Å². The predicted molar refractivity (Wildman–Crippen MR) is 183 cm³/mol. The van der Waals surface area contributed by atoms with Gasteiger partial charge in [-0.3, -0.25) is 0 Å². The molecule has 0 aliphatic heterocycles. The fourth-order valence-electron chi connectivity index (χ4n) is 6.00. The van der Waals surface area contributed by atoms with E-state index in [1.807, 2.05) is 60.7 Å². The molecule has 202 valence electrons. The van der Waals surface area contributed by atoms with Gasteiger partial charge < -0.3 is 0 Å². The monoisotopic (exact) mass is 593 g/mol. The van der Waals surface area contributed by atoms with Gasteiger partial charge in [0.05, 0.1) is 34.9 Å². The summed E-state index contributed by atoms with van der Waals surface area (Å²) in [7, 11) is 0. The number of hydrogen-bond acceptors (Lipinski definition) is 5. The largest absolute Gasteiger partial charge is 0.192 e. The SMILES string of the molecule is N#Cc1ccc2sc3cc(-c4cc(-c5ccc6c(c5)sc5ccc(C#N)cc56)cc(-c5ccccc5C#N)c4)ccc3c2c1. The second-order valence-electron chi connectivity index (χ2n) is 10.7. The Hall–Kier alpha value is -5.77. The zero-order chi connectivity index (χ0) is 29.8. The van der Waals surface area contributed by atoms with E-state index in [0.717, 1.165) is 64.3 Å². The van der Waals surface area contributed by atoms with Crippen LogP contribution in [0, 0.1) is 34.0 Å². The van der Waals surface area contributed by atoms with Gasteiger partial charge in [0, 0.05) is 40.3 Å². The van der Waals surface area contributed by atoms with Crippen LogP contribution in [0.3, 0.4) is 0 Å². The van der Waals surface area contributed by atoms with Gasteiger partial charge in [-0.15, -0.1) is 22.7 Å². The molecule has 0 unspecified atom stereocenters. The molecular weight excluding hydrogens is 575 g/mol. The average Bonchev–Trinajstić information content (AvgIpc) is 3.64. The second-order valence-corrected chi connectivity index (χ2v) is 12.9. The molecule has 0 N–H and O–H groups in total. The first-order valence-corrected chi connectivity index (χ1v) is 15.6. The molecule has 0 amide bonds. The van der Waals surface area contributed by atoms with E-state index in [9.17, 15) is 15.8 Å². The van der Waals surface area contributed by atoms with Crippen molar-refractivity contribution in [1.29, 1.82) is 15.8 Å². The first kappa shape index (κ1) is 25.9. The van der Waals surface area contributed by atoms with Gasteiger partial charge in [-0.1, -0.05) is 42.5 Å². The van der Waals surface area contributed by atoms with Crippen molar-refractivity contribution in [1.82, 2.24) is 0 Å². The van der Waals surface area contributed by atoms with E-state index < -0.39 is 0 Å². The van der Waals surface area contributed by atoms with Crippen molar-refractivity contribution in [3.05, 3.63) is 132 Å². The maximum Gasteiger partial charge on any atom is 0.0998 e. The average molecular weight is 594 g/mol. The Kier molecular flexibility index (Phi) is 6.00. The lowest BCUT2D eigenvalue weighted by molar-refractivity contribution is 1.48. The normalized spacial score (nSPS) is 11.1. The van der Waals surface area contributed by atoms with Crippen LogP contribution >= 0.6 is 22.7 Å². The van der Waals surface area contributed by atoms with Crippen molar-refractivity contribution in [2.45, 2.75) is 0 Å². The Balaban J connectivity index is 1.33. The Labute approximate surface area is 261 Å². The second kappa shape index (κ2) is 10.2. The lowest BCUT2D eigenvalue weighted by Crippen LogP contribution is -1.88. The maximum absolute atomic E-state index is 9.91. The minimum absolute atomic E-state index is 0.636. The summed E-state index contributed by atoms with van der Waals surface area (Å²) in [4.78, 5) is 0. The van der Waals surface area contributed by atoms with Crippen LogP contribution in [0.4, 0.5) is 0 Å². The van der Waals surface area contributed by atoms with Crippen LogP contribution in [0.25, 0.3) is 73.7 Å². The van der Waals surface area contributed by atoms with E-state index >= 15 is 0 Å². The van der Waals surface area contributed by atoms with Crippen molar-refractivity contribution in [3.8, 4) is 51.6 Å². The van der Waals surface area contributed by atoms with Gasteiger partial charge in [-0.2, -0.15) is 15.8 Å². The number of thiophene rings is 2. The van der Waals surface area contributed by atoms with Gasteiger partial charge in [0.2, 0.25) is 0 Å². The van der Waals surface area contributed by atoms with Crippen molar-refractivity contribution >= 4 is 63.0 Å². The highest BCUT2D eigenvalue weighted by molar-refractivity contribution is 7.26. The third kappa shape index (κ3) is 4.22. The number of rotatable bonds is 3. The summed E-state index contributed by atoms with van der Waals surface area (Å²) in [6.07, 6.45) is 0. The van der Waals surface area contributed by atoms with Crippen molar-refractivity contribution < 1.29 is 0 Å². The minimum Gasteiger partial charge on any atom is -0.192 e. The molecule has 0 bridgehead atoms. The van der Waals surface area contributed by atoms with Gasteiger partial charge in [0.1, 0.15) is 0 Å². The Morgan fingerprint density at radius 1 is 0.386 bits per heavy atom. The van der Waals surface area contributed by atoms with Crippen LogP contribution in [0.5, 0.6) is 0 Å². The maximum atomic E-state index is 9.91. The molecule has 0 fully saturated rings. The highest BCUT2D eigenvalue weighted by atomic mass is 32.1. The highest BCUT2D eigenvalue weighted by Gasteiger charge is 2.14. The molecule has 8 rings (SSSR count). The molecule has 0 spiro atoms. The van der Waals surface area contributed by atoms with E-state index in [0.29, 0.717) is 16.7 Å². The molecule has 0 aliphatic carbocycles.